The highest BCUT2D eigenvalue weighted by molar-refractivity contribution is 5.50. The SMILES string of the molecule is Cc1ccc(CC2CCCN2c2cc(C)c([N+](=O)[O-])cn2)cc1. The van der Waals surface area contributed by atoms with Gasteiger partial charge in [0.05, 0.1) is 4.92 Å². The maximum absolute atomic E-state index is 10.9. The second-order valence-electron chi connectivity index (χ2n) is 6.27. The molecule has 2 aromatic rings. The normalized spacial score (nSPS) is 17.5. The number of anilines is 1. The molecule has 0 aliphatic carbocycles. The first kappa shape index (κ1) is 15.5. The van der Waals surface area contributed by atoms with E-state index >= 15 is 0 Å². The van der Waals surface area contributed by atoms with Crippen LogP contribution in [0.5, 0.6) is 0 Å². The number of hydrogen-bond donors (Lipinski definition) is 0. The van der Waals surface area contributed by atoms with Crippen LogP contribution < -0.4 is 4.90 Å². The van der Waals surface area contributed by atoms with Crippen LogP contribution in [0.4, 0.5) is 11.5 Å². The van der Waals surface area contributed by atoms with Crippen molar-refractivity contribution in [1.29, 1.82) is 0 Å². The lowest BCUT2D eigenvalue weighted by Gasteiger charge is -2.26. The van der Waals surface area contributed by atoms with Gasteiger partial charge in [0.25, 0.3) is 5.69 Å². The van der Waals surface area contributed by atoms with Gasteiger partial charge in [0.2, 0.25) is 0 Å². The second-order valence-corrected chi connectivity index (χ2v) is 6.27. The van der Waals surface area contributed by atoms with E-state index in [-0.39, 0.29) is 10.6 Å². The number of benzene rings is 1. The van der Waals surface area contributed by atoms with Crippen LogP contribution >= 0.6 is 0 Å². The highest BCUT2D eigenvalue weighted by atomic mass is 16.6. The van der Waals surface area contributed by atoms with E-state index in [1.807, 2.05) is 6.07 Å². The molecule has 1 atom stereocenters. The van der Waals surface area contributed by atoms with Crippen molar-refractivity contribution in [2.45, 2.75) is 39.2 Å². The molecular weight excluding hydrogens is 290 g/mol. The average Bonchev–Trinajstić information content (AvgIpc) is 2.97. The van der Waals surface area contributed by atoms with Gasteiger partial charge in [-0.15, -0.1) is 0 Å². The molecule has 0 N–H and O–H groups in total. The van der Waals surface area contributed by atoms with E-state index in [0.29, 0.717) is 11.6 Å². The molecule has 1 saturated heterocycles. The van der Waals surface area contributed by atoms with Crippen LogP contribution in [-0.4, -0.2) is 22.5 Å². The van der Waals surface area contributed by atoms with E-state index < -0.39 is 0 Å². The molecule has 0 amide bonds. The highest BCUT2D eigenvalue weighted by Gasteiger charge is 2.26. The third-order valence-electron chi connectivity index (χ3n) is 4.53. The predicted molar refractivity (Wildman–Crippen MR) is 90.9 cm³/mol. The van der Waals surface area contributed by atoms with Gasteiger partial charge in [-0.1, -0.05) is 29.8 Å². The molecule has 23 heavy (non-hydrogen) atoms. The molecule has 120 valence electrons. The number of hydrogen-bond acceptors (Lipinski definition) is 4. The van der Waals surface area contributed by atoms with Crippen molar-refractivity contribution in [3.8, 4) is 0 Å². The summed E-state index contributed by atoms with van der Waals surface area (Å²) in [5.74, 6) is 0.850. The van der Waals surface area contributed by atoms with E-state index in [4.69, 9.17) is 0 Å². The van der Waals surface area contributed by atoms with Crippen molar-refractivity contribution < 1.29 is 4.92 Å². The summed E-state index contributed by atoms with van der Waals surface area (Å²) in [6.07, 6.45) is 4.63. The van der Waals surface area contributed by atoms with E-state index in [9.17, 15) is 10.1 Å². The van der Waals surface area contributed by atoms with Crippen LogP contribution in [0.15, 0.2) is 36.5 Å². The van der Waals surface area contributed by atoms with Gasteiger partial charge in [0, 0.05) is 18.2 Å². The Morgan fingerprint density at radius 3 is 2.70 bits per heavy atom. The van der Waals surface area contributed by atoms with Gasteiger partial charge in [-0.05, 0) is 44.7 Å². The zero-order valence-electron chi connectivity index (χ0n) is 13.5. The van der Waals surface area contributed by atoms with Gasteiger partial charge in [-0.2, -0.15) is 0 Å². The fourth-order valence-electron chi connectivity index (χ4n) is 3.23. The van der Waals surface area contributed by atoms with Crippen molar-refractivity contribution in [2.24, 2.45) is 0 Å². The van der Waals surface area contributed by atoms with Crippen molar-refractivity contribution in [3.63, 3.8) is 0 Å². The van der Waals surface area contributed by atoms with Crippen molar-refractivity contribution in [3.05, 3.63) is 63.3 Å². The summed E-state index contributed by atoms with van der Waals surface area (Å²) in [5, 5.41) is 10.9. The molecule has 1 aliphatic heterocycles. The lowest BCUT2D eigenvalue weighted by molar-refractivity contribution is -0.385. The van der Waals surface area contributed by atoms with Crippen LogP contribution in [0.2, 0.25) is 0 Å². The van der Waals surface area contributed by atoms with Gasteiger partial charge in [0.1, 0.15) is 12.0 Å². The molecule has 0 radical (unpaired) electrons. The Morgan fingerprint density at radius 1 is 1.30 bits per heavy atom. The smallest absolute Gasteiger partial charge is 0.290 e. The predicted octanol–water partition coefficient (Wildman–Crippen LogP) is 3.82. The summed E-state index contributed by atoms with van der Waals surface area (Å²) in [7, 11) is 0. The molecule has 1 aliphatic rings. The van der Waals surface area contributed by atoms with E-state index in [0.717, 1.165) is 31.6 Å². The molecule has 2 heterocycles. The molecule has 1 aromatic heterocycles. The minimum Gasteiger partial charge on any atom is -0.353 e. The van der Waals surface area contributed by atoms with Gasteiger partial charge < -0.3 is 4.90 Å². The zero-order chi connectivity index (χ0) is 16.4. The van der Waals surface area contributed by atoms with Crippen LogP contribution in [0.1, 0.15) is 29.5 Å². The Hall–Kier alpha value is -2.43. The maximum atomic E-state index is 10.9. The lowest BCUT2D eigenvalue weighted by atomic mass is 10.0. The fourth-order valence-corrected chi connectivity index (χ4v) is 3.23. The van der Waals surface area contributed by atoms with Gasteiger partial charge in [0.15, 0.2) is 0 Å². The Kier molecular flexibility index (Phi) is 4.28. The summed E-state index contributed by atoms with van der Waals surface area (Å²) >= 11 is 0. The summed E-state index contributed by atoms with van der Waals surface area (Å²) in [4.78, 5) is 17.2. The molecular formula is C18H21N3O2. The van der Waals surface area contributed by atoms with Gasteiger partial charge >= 0.3 is 0 Å². The van der Waals surface area contributed by atoms with Crippen molar-refractivity contribution in [2.75, 3.05) is 11.4 Å². The molecule has 0 saturated carbocycles. The van der Waals surface area contributed by atoms with Crippen molar-refractivity contribution in [1.82, 2.24) is 4.98 Å². The largest absolute Gasteiger partial charge is 0.353 e. The number of rotatable bonds is 4. The Bertz CT molecular complexity index is 713. The monoisotopic (exact) mass is 311 g/mol. The summed E-state index contributed by atoms with van der Waals surface area (Å²) in [5.41, 5.74) is 3.35. The number of aryl methyl sites for hydroxylation is 2. The number of nitro groups is 1. The molecule has 0 bridgehead atoms. The van der Waals surface area contributed by atoms with Crippen LogP contribution in [-0.2, 0) is 6.42 Å². The summed E-state index contributed by atoms with van der Waals surface area (Å²) < 4.78 is 0. The lowest BCUT2D eigenvalue weighted by Crippen LogP contribution is -2.31. The zero-order valence-corrected chi connectivity index (χ0v) is 13.5. The Morgan fingerprint density at radius 2 is 2.04 bits per heavy atom. The summed E-state index contributed by atoms with van der Waals surface area (Å²) in [6, 6.07) is 10.9. The van der Waals surface area contributed by atoms with Crippen molar-refractivity contribution >= 4 is 11.5 Å². The first-order valence-electron chi connectivity index (χ1n) is 7.98. The third-order valence-corrected chi connectivity index (χ3v) is 4.53. The first-order chi connectivity index (χ1) is 11.0. The van der Waals surface area contributed by atoms with Gasteiger partial charge in [-0.3, -0.25) is 10.1 Å². The highest BCUT2D eigenvalue weighted by Crippen LogP contribution is 2.29. The molecule has 5 heteroatoms. The topological polar surface area (TPSA) is 59.3 Å². The maximum Gasteiger partial charge on any atom is 0.290 e. The molecule has 0 spiro atoms. The number of pyridine rings is 1. The van der Waals surface area contributed by atoms with Gasteiger partial charge in [-0.25, -0.2) is 4.98 Å². The average molecular weight is 311 g/mol. The Labute approximate surface area is 136 Å². The van der Waals surface area contributed by atoms with Crippen LogP contribution in [0.3, 0.4) is 0 Å². The van der Waals surface area contributed by atoms with Crippen LogP contribution in [0.25, 0.3) is 0 Å². The van der Waals surface area contributed by atoms with Crippen LogP contribution in [0, 0.1) is 24.0 Å². The first-order valence-corrected chi connectivity index (χ1v) is 7.98. The number of aromatic nitrogens is 1. The molecule has 1 aromatic carbocycles. The molecule has 3 rings (SSSR count). The molecule has 1 unspecified atom stereocenters. The quantitative estimate of drug-likeness (QED) is 0.636. The minimum absolute atomic E-state index is 0.0861. The van der Waals surface area contributed by atoms with E-state index in [2.05, 4.69) is 41.1 Å². The number of nitrogens with zero attached hydrogens (tertiary/aromatic N) is 3. The molecule has 5 nitrogen and oxygen atoms in total. The fraction of sp³-hybridized carbons (Fsp3) is 0.389. The second kappa shape index (κ2) is 6.36. The third kappa shape index (κ3) is 3.33. The van der Waals surface area contributed by atoms with E-state index in [1.165, 1.54) is 17.3 Å². The molecule has 1 fully saturated rings. The van der Waals surface area contributed by atoms with E-state index in [1.54, 1.807) is 6.92 Å². The Balaban J connectivity index is 1.80. The summed E-state index contributed by atoms with van der Waals surface area (Å²) in [6.45, 7) is 4.82. The minimum atomic E-state index is -0.375. The standard InChI is InChI=1S/C18H21N3O2/c1-13-5-7-15(8-6-13)11-16-4-3-9-20(16)18-10-14(2)17(12-19-18)21(22)23/h5-8,10,12,16H,3-4,9,11H2,1-2H3.